The number of ether oxygens (including phenoxy) is 1. The molecule has 1 amide bonds. The summed E-state index contributed by atoms with van der Waals surface area (Å²) in [4.78, 5) is 28.5. The van der Waals surface area contributed by atoms with Crippen LogP contribution >= 0.6 is 23.1 Å². The van der Waals surface area contributed by atoms with Crippen LogP contribution in [0.2, 0.25) is 0 Å². The normalized spacial score (nSPS) is 16.0. The molecule has 3 aromatic rings. The standard InChI is InChI=1S/C26H28N2O3S2/c1-3-31-26(30)22-20-13-12-16(2)14-21(20)33-25(22)28-24(29)23(17-8-5-4-6-9-17)32-19-11-7-10-18(27)15-19/h4-11,15-16,23H,3,12-14,27H2,1-2H3,(H,28,29). The average Bonchev–Trinajstić information content (AvgIpc) is 3.15. The number of hydrogen-bond donors (Lipinski definition) is 2. The molecule has 0 fully saturated rings. The first-order valence-corrected chi connectivity index (χ1v) is 12.9. The summed E-state index contributed by atoms with van der Waals surface area (Å²) in [5.41, 5.74) is 9.05. The number of carbonyl (C=O) groups is 2. The Kier molecular flexibility index (Phi) is 7.40. The quantitative estimate of drug-likeness (QED) is 0.242. The summed E-state index contributed by atoms with van der Waals surface area (Å²) in [7, 11) is 0. The summed E-state index contributed by atoms with van der Waals surface area (Å²) < 4.78 is 5.35. The summed E-state index contributed by atoms with van der Waals surface area (Å²) in [6.07, 6.45) is 2.78. The highest BCUT2D eigenvalue weighted by atomic mass is 32.2. The highest BCUT2D eigenvalue weighted by molar-refractivity contribution is 8.00. The Labute approximate surface area is 202 Å². The number of amides is 1. The second kappa shape index (κ2) is 10.4. The van der Waals surface area contributed by atoms with Gasteiger partial charge in [0, 0.05) is 15.5 Å². The van der Waals surface area contributed by atoms with Gasteiger partial charge in [-0.25, -0.2) is 4.79 Å². The molecule has 0 saturated heterocycles. The number of nitrogens with one attached hydrogen (secondary N) is 1. The van der Waals surface area contributed by atoms with Gasteiger partial charge in [-0.05, 0) is 61.4 Å². The van der Waals surface area contributed by atoms with Crippen LogP contribution < -0.4 is 11.1 Å². The van der Waals surface area contributed by atoms with E-state index in [1.54, 1.807) is 6.92 Å². The van der Waals surface area contributed by atoms with Crippen molar-refractivity contribution in [2.75, 3.05) is 17.7 Å². The van der Waals surface area contributed by atoms with Gasteiger partial charge < -0.3 is 15.8 Å². The van der Waals surface area contributed by atoms with Gasteiger partial charge in [0.05, 0.1) is 12.2 Å². The van der Waals surface area contributed by atoms with Crippen LogP contribution in [0.4, 0.5) is 10.7 Å². The molecule has 1 aromatic heterocycles. The Hall–Kier alpha value is -2.77. The van der Waals surface area contributed by atoms with Crippen molar-refractivity contribution in [3.63, 3.8) is 0 Å². The molecule has 1 heterocycles. The minimum absolute atomic E-state index is 0.175. The number of carbonyl (C=O) groups excluding carboxylic acids is 2. The van der Waals surface area contributed by atoms with Crippen LogP contribution in [0, 0.1) is 5.92 Å². The largest absolute Gasteiger partial charge is 0.462 e. The fraction of sp³-hybridized carbons (Fsp3) is 0.308. The maximum absolute atomic E-state index is 13.6. The van der Waals surface area contributed by atoms with Crippen molar-refractivity contribution in [1.29, 1.82) is 0 Å². The molecule has 1 aliphatic carbocycles. The van der Waals surface area contributed by atoms with Crippen LogP contribution in [0.3, 0.4) is 0 Å². The maximum Gasteiger partial charge on any atom is 0.341 e. The van der Waals surface area contributed by atoms with Gasteiger partial charge in [0.25, 0.3) is 0 Å². The molecule has 0 radical (unpaired) electrons. The Balaban J connectivity index is 1.67. The molecule has 0 bridgehead atoms. The molecule has 33 heavy (non-hydrogen) atoms. The van der Waals surface area contributed by atoms with E-state index in [1.807, 2.05) is 54.6 Å². The third kappa shape index (κ3) is 5.42. The first-order chi connectivity index (χ1) is 16.0. The van der Waals surface area contributed by atoms with Gasteiger partial charge in [-0.1, -0.05) is 43.3 Å². The zero-order chi connectivity index (χ0) is 23.4. The van der Waals surface area contributed by atoms with E-state index < -0.39 is 5.25 Å². The zero-order valence-electron chi connectivity index (χ0n) is 18.8. The lowest BCUT2D eigenvalue weighted by Crippen LogP contribution is -2.20. The van der Waals surface area contributed by atoms with E-state index >= 15 is 0 Å². The summed E-state index contributed by atoms with van der Waals surface area (Å²) in [6.45, 7) is 4.31. The molecule has 7 heteroatoms. The van der Waals surface area contributed by atoms with Crippen LogP contribution in [0.25, 0.3) is 0 Å². The summed E-state index contributed by atoms with van der Waals surface area (Å²) in [5.74, 6) is 0.0244. The van der Waals surface area contributed by atoms with E-state index in [0.29, 0.717) is 28.8 Å². The second-order valence-corrected chi connectivity index (χ2v) is 10.5. The minimum Gasteiger partial charge on any atom is -0.462 e. The van der Waals surface area contributed by atoms with Crippen molar-refractivity contribution < 1.29 is 14.3 Å². The predicted molar refractivity (Wildman–Crippen MR) is 136 cm³/mol. The number of fused-ring (bicyclic) bond motifs is 1. The summed E-state index contributed by atoms with van der Waals surface area (Å²) >= 11 is 2.95. The lowest BCUT2D eigenvalue weighted by Gasteiger charge is -2.18. The third-order valence-corrected chi connectivity index (χ3v) is 8.10. The fourth-order valence-electron chi connectivity index (χ4n) is 4.06. The number of nitrogens with two attached hydrogens (primary N) is 1. The maximum atomic E-state index is 13.6. The second-order valence-electron chi connectivity index (χ2n) is 8.25. The van der Waals surface area contributed by atoms with Gasteiger partial charge in [0.2, 0.25) is 5.91 Å². The average molecular weight is 481 g/mol. The van der Waals surface area contributed by atoms with Gasteiger partial charge in [-0.15, -0.1) is 23.1 Å². The van der Waals surface area contributed by atoms with Crippen molar-refractivity contribution in [2.45, 2.75) is 43.3 Å². The van der Waals surface area contributed by atoms with Crippen molar-refractivity contribution in [2.24, 2.45) is 5.92 Å². The first-order valence-electron chi connectivity index (χ1n) is 11.2. The van der Waals surface area contributed by atoms with Gasteiger partial charge in [0.1, 0.15) is 10.3 Å². The Morgan fingerprint density at radius 1 is 1.21 bits per heavy atom. The van der Waals surface area contributed by atoms with Crippen LogP contribution in [-0.4, -0.2) is 18.5 Å². The number of hydrogen-bond acceptors (Lipinski definition) is 6. The van der Waals surface area contributed by atoms with Gasteiger partial charge in [-0.3, -0.25) is 4.79 Å². The molecule has 5 nitrogen and oxygen atoms in total. The number of benzene rings is 2. The molecule has 172 valence electrons. The molecule has 0 aliphatic heterocycles. The molecular formula is C26H28N2O3S2. The Morgan fingerprint density at radius 2 is 2.00 bits per heavy atom. The number of rotatable bonds is 7. The SMILES string of the molecule is CCOC(=O)c1c(NC(=O)C(Sc2cccc(N)c2)c2ccccc2)sc2c1CCC(C)C2. The monoisotopic (exact) mass is 480 g/mol. The van der Waals surface area contributed by atoms with Crippen LogP contribution in [0.15, 0.2) is 59.5 Å². The fourth-order valence-corrected chi connectivity index (χ4v) is 6.55. The van der Waals surface area contributed by atoms with E-state index in [2.05, 4.69) is 12.2 Å². The van der Waals surface area contributed by atoms with E-state index in [1.165, 1.54) is 28.0 Å². The van der Waals surface area contributed by atoms with Crippen molar-refractivity contribution >= 4 is 45.7 Å². The Bertz CT molecular complexity index is 1140. The highest BCUT2D eigenvalue weighted by Crippen LogP contribution is 2.42. The zero-order valence-corrected chi connectivity index (χ0v) is 20.4. The van der Waals surface area contributed by atoms with E-state index in [0.717, 1.165) is 35.3 Å². The lowest BCUT2D eigenvalue weighted by atomic mass is 9.88. The third-order valence-electron chi connectivity index (χ3n) is 5.68. The summed E-state index contributed by atoms with van der Waals surface area (Å²) in [6, 6.07) is 17.2. The minimum atomic E-state index is -0.499. The van der Waals surface area contributed by atoms with Crippen molar-refractivity contribution in [1.82, 2.24) is 0 Å². The topological polar surface area (TPSA) is 81.4 Å². The lowest BCUT2D eigenvalue weighted by molar-refractivity contribution is -0.115. The summed E-state index contributed by atoms with van der Waals surface area (Å²) in [5, 5.41) is 3.17. The van der Waals surface area contributed by atoms with Gasteiger partial charge in [0.15, 0.2) is 0 Å². The highest BCUT2D eigenvalue weighted by Gasteiger charge is 2.31. The number of esters is 1. The molecule has 1 aliphatic rings. The van der Waals surface area contributed by atoms with E-state index in [4.69, 9.17) is 10.5 Å². The van der Waals surface area contributed by atoms with Crippen LogP contribution in [0.1, 0.15) is 51.9 Å². The molecule has 2 unspecified atom stereocenters. The molecule has 0 saturated carbocycles. The van der Waals surface area contributed by atoms with E-state index in [9.17, 15) is 9.59 Å². The van der Waals surface area contributed by atoms with Crippen molar-refractivity contribution in [3.05, 3.63) is 76.2 Å². The number of thioether (sulfide) groups is 1. The van der Waals surface area contributed by atoms with Gasteiger partial charge in [-0.2, -0.15) is 0 Å². The van der Waals surface area contributed by atoms with E-state index in [-0.39, 0.29) is 11.9 Å². The Morgan fingerprint density at radius 3 is 2.73 bits per heavy atom. The molecule has 2 atom stereocenters. The number of nitrogen functional groups attached to an aromatic ring is 1. The first kappa shape index (κ1) is 23.4. The molecular weight excluding hydrogens is 452 g/mol. The van der Waals surface area contributed by atoms with Gasteiger partial charge >= 0.3 is 5.97 Å². The number of thiophene rings is 1. The molecule has 3 N–H and O–H groups in total. The molecule has 2 aromatic carbocycles. The smallest absolute Gasteiger partial charge is 0.341 e. The van der Waals surface area contributed by atoms with Crippen LogP contribution in [-0.2, 0) is 22.4 Å². The number of anilines is 2. The molecule has 0 spiro atoms. The van der Waals surface area contributed by atoms with Crippen molar-refractivity contribution in [3.8, 4) is 0 Å². The molecule has 4 rings (SSSR count). The van der Waals surface area contributed by atoms with Crippen LogP contribution in [0.5, 0.6) is 0 Å². The predicted octanol–water partition coefficient (Wildman–Crippen LogP) is 6.10.